The number of rotatable bonds is 10. The highest BCUT2D eigenvalue weighted by Crippen LogP contribution is 2.44. The average Bonchev–Trinajstić information content (AvgIpc) is 2.05. The zero-order valence-electron chi connectivity index (χ0n) is 11.2. The standard InChI is InChI=1S/C6H19NO11P4/c8-19(9)2-6(3-20(10,11)12)1-7(4-21(13,14)15)5-22(16,17)18/h6,8-9H,1-5H2,(H2,10,11,12)(H2,13,14,15)(H2,16,17,18). The van der Waals surface area contributed by atoms with E-state index in [-0.39, 0.29) is 0 Å². The third-order valence-electron chi connectivity index (χ3n) is 2.20. The van der Waals surface area contributed by atoms with Crippen molar-refractivity contribution in [3.8, 4) is 0 Å². The largest absolute Gasteiger partial charge is 0.350 e. The van der Waals surface area contributed by atoms with Gasteiger partial charge in [-0.2, -0.15) is 0 Å². The summed E-state index contributed by atoms with van der Waals surface area (Å²) in [4.78, 5) is 71.9. The van der Waals surface area contributed by atoms with Gasteiger partial charge < -0.3 is 39.1 Å². The minimum Gasteiger partial charge on any atom is -0.350 e. The molecule has 0 rings (SSSR count). The van der Waals surface area contributed by atoms with E-state index in [1.807, 2.05) is 0 Å². The zero-order chi connectivity index (χ0) is 17.8. The number of hydrogen-bond donors (Lipinski definition) is 8. The van der Waals surface area contributed by atoms with Crippen LogP contribution in [0.15, 0.2) is 0 Å². The minimum absolute atomic E-state index is 0.473. The zero-order valence-corrected chi connectivity index (χ0v) is 14.7. The fourth-order valence-electron chi connectivity index (χ4n) is 1.79. The molecule has 0 aromatic carbocycles. The summed E-state index contributed by atoms with van der Waals surface area (Å²) in [5.74, 6) is -1.11. The molecule has 0 aliphatic heterocycles. The van der Waals surface area contributed by atoms with Gasteiger partial charge in [0.2, 0.25) is 0 Å². The van der Waals surface area contributed by atoms with E-state index in [1.54, 1.807) is 0 Å². The van der Waals surface area contributed by atoms with Crippen molar-refractivity contribution < 1.29 is 52.8 Å². The second-order valence-electron chi connectivity index (χ2n) is 4.73. The maximum Gasteiger partial charge on any atom is 0.339 e. The van der Waals surface area contributed by atoms with Crippen molar-refractivity contribution in [2.75, 3.05) is 31.4 Å². The summed E-state index contributed by atoms with van der Waals surface area (Å²) in [7, 11) is -16.5. The molecule has 12 nitrogen and oxygen atoms in total. The Morgan fingerprint density at radius 1 is 0.818 bits per heavy atom. The Labute approximate surface area is 127 Å². The first-order valence-electron chi connectivity index (χ1n) is 5.59. The van der Waals surface area contributed by atoms with Crippen molar-refractivity contribution in [2.24, 2.45) is 5.92 Å². The van der Waals surface area contributed by atoms with Gasteiger partial charge >= 0.3 is 22.8 Å². The van der Waals surface area contributed by atoms with Crippen LogP contribution in [0.5, 0.6) is 0 Å². The first-order valence-corrected chi connectivity index (χ1v) is 12.4. The summed E-state index contributed by atoms with van der Waals surface area (Å²) < 4.78 is 32.9. The highest BCUT2D eigenvalue weighted by molar-refractivity contribution is 7.52. The molecule has 0 saturated heterocycles. The number of nitrogens with zero attached hydrogens (tertiary/aromatic N) is 1. The molecule has 0 spiro atoms. The molecule has 0 saturated carbocycles. The minimum atomic E-state index is -4.68. The maximum atomic E-state index is 11.0. The Morgan fingerprint density at radius 3 is 1.50 bits per heavy atom. The van der Waals surface area contributed by atoms with Crippen molar-refractivity contribution in [3.63, 3.8) is 0 Å². The van der Waals surface area contributed by atoms with Gasteiger partial charge in [-0.1, -0.05) is 0 Å². The summed E-state index contributed by atoms with van der Waals surface area (Å²) >= 11 is 0. The van der Waals surface area contributed by atoms with Gasteiger partial charge in [0, 0.05) is 12.7 Å². The molecular weight excluding hydrogens is 386 g/mol. The van der Waals surface area contributed by atoms with Crippen molar-refractivity contribution in [1.82, 2.24) is 4.90 Å². The van der Waals surface area contributed by atoms with Crippen LogP contribution >= 0.6 is 31.2 Å². The van der Waals surface area contributed by atoms with Crippen LogP contribution in [0, 0.1) is 5.92 Å². The van der Waals surface area contributed by atoms with Crippen LogP contribution in [0.2, 0.25) is 0 Å². The molecule has 0 fully saturated rings. The Hall–Kier alpha value is 0.760. The summed E-state index contributed by atoms with van der Waals surface area (Å²) in [6.45, 7) is -0.527. The van der Waals surface area contributed by atoms with Crippen LogP contribution < -0.4 is 0 Å². The van der Waals surface area contributed by atoms with E-state index in [0.717, 1.165) is 0 Å². The number of hydrogen-bond acceptors (Lipinski definition) is 6. The SMILES string of the molecule is O=P(O)(O)CC(CN(CP(=O)(O)O)CP(=O)(O)O)CP(O)O. The monoisotopic (exact) mass is 405 g/mol. The fraction of sp³-hybridized carbons (Fsp3) is 1.00. The van der Waals surface area contributed by atoms with Crippen molar-refractivity contribution in [3.05, 3.63) is 0 Å². The molecule has 0 bridgehead atoms. The lowest BCUT2D eigenvalue weighted by Gasteiger charge is -2.28. The van der Waals surface area contributed by atoms with E-state index in [9.17, 15) is 13.7 Å². The molecule has 0 radical (unpaired) electrons. The molecule has 0 heterocycles. The Morgan fingerprint density at radius 2 is 1.23 bits per heavy atom. The molecule has 0 aliphatic carbocycles. The quantitative estimate of drug-likeness (QED) is 0.198. The summed E-state index contributed by atoms with van der Waals surface area (Å²) in [5, 5.41) is 0. The van der Waals surface area contributed by atoms with Gasteiger partial charge in [0.05, 0.1) is 6.16 Å². The van der Waals surface area contributed by atoms with E-state index in [1.165, 1.54) is 0 Å². The van der Waals surface area contributed by atoms with Gasteiger partial charge in [-0.3, -0.25) is 18.6 Å². The molecular formula is C6H19NO11P4. The summed E-state index contributed by atoms with van der Waals surface area (Å²) in [5.41, 5.74) is 0. The van der Waals surface area contributed by atoms with Gasteiger partial charge in [0.15, 0.2) is 8.38 Å². The molecule has 0 aromatic rings. The van der Waals surface area contributed by atoms with Gasteiger partial charge in [0.25, 0.3) is 0 Å². The van der Waals surface area contributed by atoms with Crippen molar-refractivity contribution >= 4 is 31.2 Å². The lowest BCUT2D eigenvalue weighted by atomic mass is 10.2. The van der Waals surface area contributed by atoms with Gasteiger partial charge in [-0.15, -0.1) is 0 Å². The Kier molecular flexibility index (Phi) is 9.04. The third kappa shape index (κ3) is 14.4. The second-order valence-corrected chi connectivity index (χ2v) is 10.8. The highest BCUT2D eigenvalue weighted by Gasteiger charge is 2.31. The molecule has 1 atom stereocenters. The average molecular weight is 405 g/mol. The lowest BCUT2D eigenvalue weighted by Crippen LogP contribution is -2.34. The highest BCUT2D eigenvalue weighted by atomic mass is 31.2. The molecule has 16 heteroatoms. The fourth-order valence-corrected chi connectivity index (χ4v) is 5.25. The molecule has 1 unspecified atom stereocenters. The van der Waals surface area contributed by atoms with E-state index in [0.29, 0.717) is 4.90 Å². The molecule has 134 valence electrons. The van der Waals surface area contributed by atoms with Gasteiger partial charge in [0.1, 0.15) is 12.6 Å². The second kappa shape index (κ2) is 8.74. The van der Waals surface area contributed by atoms with E-state index < -0.39 is 68.5 Å². The van der Waals surface area contributed by atoms with Crippen LogP contribution in [0.1, 0.15) is 0 Å². The first kappa shape index (κ1) is 22.8. The van der Waals surface area contributed by atoms with Crippen LogP contribution in [-0.2, 0) is 13.7 Å². The lowest BCUT2D eigenvalue weighted by molar-refractivity contribution is 0.255. The topological polar surface area (TPSA) is 216 Å². The van der Waals surface area contributed by atoms with Crippen LogP contribution in [0.3, 0.4) is 0 Å². The molecule has 8 N–H and O–H groups in total. The molecule has 22 heavy (non-hydrogen) atoms. The molecule has 0 aliphatic rings. The molecule has 0 aromatic heterocycles. The van der Waals surface area contributed by atoms with E-state index in [4.69, 9.17) is 39.1 Å². The third-order valence-corrected chi connectivity index (χ3v) is 5.57. The van der Waals surface area contributed by atoms with Crippen molar-refractivity contribution in [1.29, 1.82) is 0 Å². The first-order chi connectivity index (χ1) is 9.57. The van der Waals surface area contributed by atoms with Crippen molar-refractivity contribution in [2.45, 2.75) is 0 Å². The molecule has 0 amide bonds. The summed E-state index contributed by atoms with van der Waals surface area (Å²) in [6.07, 6.45) is -3.36. The predicted octanol–water partition coefficient (Wildman–Crippen LogP) is -1.35. The summed E-state index contributed by atoms with van der Waals surface area (Å²) in [6, 6.07) is 0. The van der Waals surface area contributed by atoms with Crippen LogP contribution in [0.25, 0.3) is 0 Å². The normalized spacial score (nSPS) is 15.5. The van der Waals surface area contributed by atoms with E-state index in [2.05, 4.69) is 0 Å². The maximum absolute atomic E-state index is 11.0. The smallest absolute Gasteiger partial charge is 0.339 e. The predicted molar refractivity (Wildman–Crippen MR) is 77.2 cm³/mol. The van der Waals surface area contributed by atoms with Crippen LogP contribution in [-0.4, -0.2) is 75.5 Å². The van der Waals surface area contributed by atoms with Gasteiger partial charge in [-0.25, -0.2) is 0 Å². The van der Waals surface area contributed by atoms with E-state index >= 15 is 0 Å². The Bertz CT molecular complexity index is 455. The van der Waals surface area contributed by atoms with Crippen LogP contribution in [0.4, 0.5) is 0 Å². The van der Waals surface area contributed by atoms with Gasteiger partial charge in [-0.05, 0) is 5.92 Å². The Balaban J connectivity index is 5.12.